The third kappa shape index (κ3) is 3.94. The maximum atomic E-state index is 13.1. The number of carbonyl (C=O) groups excluding carboxylic acids is 1. The van der Waals surface area contributed by atoms with Crippen LogP contribution >= 0.6 is 11.3 Å². The summed E-state index contributed by atoms with van der Waals surface area (Å²) in [4.78, 5) is 18.8. The van der Waals surface area contributed by atoms with Crippen LogP contribution < -0.4 is 5.32 Å². The molecule has 1 N–H and O–H groups in total. The van der Waals surface area contributed by atoms with E-state index in [2.05, 4.69) is 10.3 Å². The van der Waals surface area contributed by atoms with Gasteiger partial charge in [-0.1, -0.05) is 36.8 Å². The van der Waals surface area contributed by atoms with Crippen LogP contribution in [0.2, 0.25) is 0 Å². The van der Waals surface area contributed by atoms with Crippen molar-refractivity contribution in [2.24, 2.45) is 0 Å². The van der Waals surface area contributed by atoms with Crippen LogP contribution in [0.4, 0.5) is 5.69 Å². The second-order valence-electron chi connectivity index (χ2n) is 7.73. The third-order valence-corrected chi connectivity index (χ3v) is 8.34. The van der Waals surface area contributed by atoms with Crippen LogP contribution in [-0.4, -0.2) is 40.6 Å². The van der Waals surface area contributed by atoms with Crippen LogP contribution in [-0.2, 0) is 14.8 Å². The van der Waals surface area contributed by atoms with Gasteiger partial charge in [-0.2, -0.15) is 4.31 Å². The Kier molecular flexibility index (Phi) is 5.54. The predicted molar refractivity (Wildman–Crippen MR) is 125 cm³/mol. The smallest absolute Gasteiger partial charge is 0.243 e. The van der Waals surface area contributed by atoms with Gasteiger partial charge in [0, 0.05) is 35.6 Å². The molecule has 0 saturated carbocycles. The van der Waals surface area contributed by atoms with Gasteiger partial charge in [0.05, 0.1) is 10.6 Å². The average molecular weight is 467 g/mol. The molecule has 0 aliphatic carbocycles. The summed E-state index contributed by atoms with van der Waals surface area (Å²) < 4.78 is 29.6. The van der Waals surface area contributed by atoms with Gasteiger partial charge >= 0.3 is 0 Å². The van der Waals surface area contributed by atoms with Crippen LogP contribution in [0.1, 0.15) is 19.3 Å². The molecule has 2 aromatic heterocycles. The number of sulfonamides is 1. The lowest BCUT2D eigenvalue weighted by Gasteiger charge is -2.33. The van der Waals surface area contributed by atoms with Crippen LogP contribution in [0.15, 0.2) is 77.3 Å². The number of imidazole rings is 1. The fourth-order valence-electron chi connectivity index (χ4n) is 4.00. The SMILES string of the molecule is O=C(Nc1ccc(-c2cn3ccsc3n2)cc1)C1CCCCN1S(=O)(=O)c1ccccc1. The Morgan fingerprint density at radius 2 is 1.84 bits per heavy atom. The Bertz CT molecular complexity index is 1320. The van der Waals surface area contributed by atoms with Gasteiger partial charge in [-0.05, 0) is 37.1 Å². The van der Waals surface area contributed by atoms with Crippen molar-refractivity contribution in [1.82, 2.24) is 13.7 Å². The molecule has 1 fully saturated rings. The van der Waals surface area contributed by atoms with Crippen LogP contribution in [0.5, 0.6) is 0 Å². The molecule has 1 amide bonds. The summed E-state index contributed by atoms with van der Waals surface area (Å²) in [5, 5.41) is 4.88. The van der Waals surface area contributed by atoms with E-state index in [1.807, 2.05) is 46.4 Å². The lowest BCUT2D eigenvalue weighted by atomic mass is 10.0. The summed E-state index contributed by atoms with van der Waals surface area (Å²) in [6.07, 6.45) is 5.99. The third-order valence-electron chi connectivity index (χ3n) is 5.65. The molecule has 3 heterocycles. The van der Waals surface area contributed by atoms with Crippen molar-refractivity contribution in [3.05, 3.63) is 72.4 Å². The minimum atomic E-state index is -3.74. The monoisotopic (exact) mass is 466 g/mol. The van der Waals surface area contributed by atoms with E-state index in [1.54, 1.807) is 41.7 Å². The molecule has 32 heavy (non-hydrogen) atoms. The van der Waals surface area contributed by atoms with Crippen molar-refractivity contribution in [2.75, 3.05) is 11.9 Å². The van der Waals surface area contributed by atoms with Gasteiger partial charge in [-0.15, -0.1) is 11.3 Å². The Hall–Kier alpha value is -3.01. The van der Waals surface area contributed by atoms with Crippen molar-refractivity contribution >= 4 is 37.9 Å². The van der Waals surface area contributed by atoms with E-state index in [4.69, 9.17) is 0 Å². The number of carbonyl (C=O) groups is 1. The van der Waals surface area contributed by atoms with E-state index in [0.717, 1.165) is 29.1 Å². The van der Waals surface area contributed by atoms with E-state index in [1.165, 1.54) is 4.31 Å². The Morgan fingerprint density at radius 3 is 2.59 bits per heavy atom. The Labute approximate surface area is 190 Å². The first kappa shape index (κ1) is 20.9. The number of hydrogen-bond acceptors (Lipinski definition) is 5. The first-order chi connectivity index (χ1) is 15.5. The average Bonchev–Trinajstić information content (AvgIpc) is 3.43. The number of aromatic nitrogens is 2. The number of anilines is 1. The lowest BCUT2D eigenvalue weighted by molar-refractivity contribution is -0.120. The number of piperidine rings is 1. The normalized spacial score (nSPS) is 17.4. The maximum absolute atomic E-state index is 13.1. The number of rotatable bonds is 5. The molecule has 1 unspecified atom stereocenters. The molecular formula is C23H22N4O3S2. The maximum Gasteiger partial charge on any atom is 0.243 e. The zero-order valence-corrected chi connectivity index (χ0v) is 18.8. The molecule has 0 bridgehead atoms. The number of benzene rings is 2. The van der Waals surface area contributed by atoms with Crippen LogP contribution in [0, 0.1) is 0 Å². The van der Waals surface area contributed by atoms with E-state index in [0.29, 0.717) is 18.7 Å². The van der Waals surface area contributed by atoms with Gasteiger partial charge in [-0.25, -0.2) is 13.4 Å². The highest BCUT2D eigenvalue weighted by Gasteiger charge is 2.37. The molecule has 164 valence electrons. The highest BCUT2D eigenvalue weighted by molar-refractivity contribution is 7.89. The summed E-state index contributed by atoms with van der Waals surface area (Å²) >= 11 is 1.57. The number of fused-ring (bicyclic) bond motifs is 1. The fraction of sp³-hybridized carbons (Fsp3) is 0.217. The van der Waals surface area contributed by atoms with E-state index in [9.17, 15) is 13.2 Å². The zero-order chi connectivity index (χ0) is 22.1. The van der Waals surface area contributed by atoms with Crippen molar-refractivity contribution in [3.63, 3.8) is 0 Å². The summed E-state index contributed by atoms with van der Waals surface area (Å²) in [7, 11) is -3.74. The molecule has 0 spiro atoms. The van der Waals surface area contributed by atoms with Crippen molar-refractivity contribution in [1.29, 1.82) is 0 Å². The van der Waals surface area contributed by atoms with Gasteiger partial charge in [-0.3, -0.25) is 9.20 Å². The molecule has 1 aliphatic rings. The van der Waals surface area contributed by atoms with Crippen molar-refractivity contribution in [3.8, 4) is 11.3 Å². The number of nitrogens with one attached hydrogen (secondary N) is 1. The molecule has 1 aliphatic heterocycles. The quantitative estimate of drug-likeness (QED) is 0.477. The van der Waals surface area contributed by atoms with Gasteiger partial charge < -0.3 is 5.32 Å². The van der Waals surface area contributed by atoms with Crippen LogP contribution in [0.25, 0.3) is 16.2 Å². The topological polar surface area (TPSA) is 83.8 Å². The zero-order valence-electron chi connectivity index (χ0n) is 17.2. The molecule has 1 saturated heterocycles. The first-order valence-corrected chi connectivity index (χ1v) is 12.7. The predicted octanol–water partition coefficient (Wildman–Crippen LogP) is 4.24. The molecule has 2 aromatic carbocycles. The van der Waals surface area contributed by atoms with E-state index < -0.39 is 16.1 Å². The van der Waals surface area contributed by atoms with Gasteiger partial charge in [0.25, 0.3) is 0 Å². The Morgan fingerprint density at radius 1 is 1.06 bits per heavy atom. The van der Waals surface area contributed by atoms with Crippen LogP contribution in [0.3, 0.4) is 0 Å². The first-order valence-electron chi connectivity index (χ1n) is 10.4. The minimum Gasteiger partial charge on any atom is -0.325 e. The highest BCUT2D eigenvalue weighted by Crippen LogP contribution is 2.27. The van der Waals surface area contributed by atoms with Gasteiger partial charge in [0.1, 0.15) is 6.04 Å². The number of hydrogen-bond donors (Lipinski definition) is 1. The van der Waals surface area contributed by atoms with E-state index in [-0.39, 0.29) is 10.8 Å². The standard InChI is InChI=1S/C23H22N4O3S2/c28-22(21-8-4-5-13-27(21)32(29,30)19-6-2-1-3-7-19)24-18-11-9-17(10-12-18)20-16-26-14-15-31-23(26)25-20/h1-3,6-7,9-12,14-16,21H,4-5,8,13H2,(H,24,28). The Balaban J connectivity index is 1.33. The number of thiazole rings is 1. The minimum absolute atomic E-state index is 0.212. The van der Waals surface area contributed by atoms with Gasteiger partial charge in [0.2, 0.25) is 15.9 Å². The summed E-state index contributed by atoms with van der Waals surface area (Å²) in [5.74, 6) is -0.306. The molecule has 5 rings (SSSR count). The molecule has 0 radical (unpaired) electrons. The number of amides is 1. The number of nitrogens with zero attached hydrogens (tertiary/aromatic N) is 3. The molecular weight excluding hydrogens is 444 g/mol. The second-order valence-corrected chi connectivity index (χ2v) is 10.5. The highest BCUT2D eigenvalue weighted by atomic mass is 32.2. The molecule has 9 heteroatoms. The van der Waals surface area contributed by atoms with Crippen molar-refractivity contribution < 1.29 is 13.2 Å². The summed E-state index contributed by atoms with van der Waals surface area (Å²) in [6.45, 7) is 0.339. The lowest BCUT2D eigenvalue weighted by Crippen LogP contribution is -2.49. The second kappa shape index (κ2) is 8.50. The summed E-state index contributed by atoms with van der Waals surface area (Å²) in [6, 6.07) is 15.0. The largest absolute Gasteiger partial charge is 0.325 e. The summed E-state index contributed by atoms with van der Waals surface area (Å²) in [5.41, 5.74) is 2.44. The fourth-order valence-corrected chi connectivity index (χ4v) is 6.38. The van der Waals surface area contributed by atoms with Gasteiger partial charge in [0.15, 0.2) is 4.96 Å². The molecule has 4 aromatic rings. The van der Waals surface area contributed by atoms with E-state index >= 15 is 0 Å². The molecule has 7 nitrogen and oxygen atoms in total. The molecule has 1 atom stereocenters. The van der Waals surface area contributed by atoms with Crippen molar-refractivity contribution in [2.45, 2.75) is 30.2 Å².